The SMILES string of the molecule is COCCOc1cc(Cl)cc(-c2nc(-c3noc(=O)[nH]3)nc(N)c2N(C[C@H]2CC[C@H](C)CC2)N2CCOC3CCCC32)c1. The summed E-state index contributed by atoms with van der Waals surface area (Å²) in [5, 5.41) is 9.07. The van der Waals surface area contributed by atoms with Crippen LogP contribution in [0.15, 0.2) is 27.5 Å². The number of hydrazine groups is 1. The summed E-state index contributed by atoms with van der Waals surface area (Å²) in [4.78, 5) is 24.0. The van der Waals surface area contributed by atoms with Crippen LogP contribution in [0.4, 0.5) is 11.5 Å². The third-order valence-corrected chi connectivity index (χ3v) is 9.07. The average molecular weight is 614 g/mol. The molecule has 2 unspecified atom stereocenters. The maximum Gasteiger partial charge on any atom is 0.439 e. The molecule has 2 atom stereocenters. The van der Waals surface area contributed by atoms with Gasteiger partial charge in [-0.15, -0.1) is 0 Å². The first kappa shape index (κ1) is 29.9. The number of ether oxygens (including phenoxy) is 3. The van der Waals surface area contributed by atoms with Crippen LogP contribution in [0.3, 0.4) is 0 Å². The Balaban J connectivity index is 1.49. The fourth-order valence-corrected chi connectivity index (χ4v) is 6.90. The number of fused-ring (bicyclic) bond motifs is 1. The summed E-state index contributed by atoms with van der Waals surface area (Å²) < 4.78 is 22.1. The van der Waals surface area contributed by atoms with Crippen LogP contribution in [0.25, 0.3) is 22.9 Å². The highest BCUT2D eigenvalue weighted by atomic mass is 35.5. The number of rotatable bonds is 10. The topological polar surface area (TPSA) is 145 Å². The Hall–Kier alpha value is -3.19. The van der Waals surface area contributed by atoms with Crippen molar-refractivity contribution in [3.63, 3.8) is 0 Å². The second-order valence-electron chi connectivity index (χ2n) is 11.9. The summed E-state index contributed by atoms with van der Waals surface area (Å²) >= 11 is 6.63. The molecule has 2 aromatic heterocycles. The molecule has 43 heavy (non-hydrogen) atoms. The van der Waals surface area contributed by atoms with Crippen molar-refractivity contribution in [2.24, 2.45) is 11.8 Å². The zero-order valence-electron chi connectivity index (χ0n) is 24.8. The fraction of sp³-hybridized carbons (Fsp3) is 0.600. The number of nitrogens with two attached hydrogens (primary N) is 1. The van der Waals surface area contributed by atoms with Gasteiger partial charge in [-0.1, -0.05) is 36.5 Å². The highest BCUT2D eigenvalue weighted by molar-refractivity contribution is 6.31. The molecule has 0 amide bonds. The van der Waals surface area contributed by atoms with Gasteiger partial charge < -0.3 is 19.9 Å². The van der Waals surface area contributed by atoms with E-state index in [1.807, 2.05) is 12.1 Å². The third-order valence-electron chi connectivity index (χ3n) is 8.85. The summed E-state index contributed by atoms with van der Waals surface area (Å²) in [5.41, 5.74) is 8.84. The number of nitrogens with one attached hydrogen (secondary N) is 1. The summed E-state index contributed by atoms with van der Waals surface area (Å²) in [5.74, 6) is 1.63. The van der Waals surface area contributed by atoms with Crippen LogP contribution in [0.5, 0.6) is 5.75 Å². The predicted molar refractivity (Wildman–Crippen MR) is 163 cm³/mol. The monoisotopic (exact) mass is 613 g/mol. The number of aromatic nitrogens is 4. The Labute approximate surface area is 255 Å². The minimum Gasteiger partial charge on any atom is -0.491 e. The van der Waals surface area contributed by atoms with Crippen molar-refractivity contribution in [3.8, 4) is 28.7 Å². The first-order chi connectivity index (χ1) is 20.9. The third kappa shape index (κ3) is 6.67. The number of nitrogens with zero attached hydrogens (tertiary/aromatic N) is 5. The van der Waals surface area contributed by atoms with Crippen molar-refractivity contribution in [1.82, 2.24) is 25.1 Å². The van der Waals surface area contributed by atoms with Crippen LogP contribution in [0.2, 0.25) is 5.02 Å². The highest BCUT2D eigenvalue weighted by Crippen LogP contribution is 2.42. The van der Waals surface area contributed by atoms with Gasteiger partial charge in [0.2, 0.25) is 11.6 Å². The molecule has 1 aromatic carbocycles. The smallest absolute Gasteiger partial charge is 0.439 e. The molecule has 3 fully saturated rings. The maximum atomic E-state index is 11.8. The Morgan fingerprint density at radius 1 is 1.14 bits per heavy atom. The number of H-pyrrole nitrogens is 1. The minimum absolute atomic E-state index is 0.0955. The molecular weight excluding hydrogens is 574 g/mol. The summed E-state index contributed by atoms with van der Waals surface area (Å²) in [6, 6.07) is 5.72. The van der Waals surface area contributed by atoms with Crippen molar-refractivity contribution in [3.05, 3.63) is 33.8 Å². The van der Waals surface area contributed by atoms with Gasteiger partial charge in [0.1, 0.15) is 23.7 Å². The molecule has 2 aliphatic carbocycles. The lowest BCUT2D eigenvalue weighted by Crippen LogP contribution is -2.58. The van der Waals surface area contributed by atoms with E-state index in [1.54, 1.807) is 13.2 Å². The molecule has 1 saturated heterocycles. The Bertz CT molecular complexity index is 1460. The van der Waals surface area contributed by atoms with Gasteiger partial charge in [-0.2, -0.15) is 0 Å². The molecule has 3 aliphatic rings. The molecule has 3 heterocycles. The number of methoxy groups -OCH3 is 1. The van der Waals surface area contributed by atoms with Crippen molar-refractivity contribution in [1.29, 1.82) is 0 Å². The van der Waals surface area contributed by atoms with Gasteiger partial charge in [-0.25, -0.2) is 19.8 Å². The zero-order chi connectivity index (χ0) is 29.9. The summed E-state index contributed by atoms with van der Waals surface area (Å²) in [6.45, 7) is 5.30. The van der Waals surface area contributed by atoms with Crippen molar-refractivity contribution >= 4 is 23.1 Å². The zero-order valence-corrected chi connectivity index (χ0v) is 25.5. The van der Waals surface area contributed by atoms with E-state index in [1.165, 1.54) is 12.8 Å². The van der Waals surface area contributed by atoms with E-state index in [-0.39, 0.29) is 29.6 Å². The molecule has 0 radical (unpaired) electrons. The number of aromatic amines is 1. The highest BCUT2D eigenvalue weighted by Gasteiger charge is 2.41. The summed E-state index contributed by atoms with van der Waals surface area (Å²) in [6.07, 6.45) is 8.12. The molecule has 2 saturated carbocycles. The molecule has 12 nitrogen and oxygen atoms in total. The van der Waals surface area contributed by atoms with Gasteiger partial charge in [0, 0.05) is 30.8 Å². The average Bonchev–Trinajstić information content (AvgIpc) is 3.66. The van der Waals surface area contributed by atoms with Crippen LogP contribution < -0.4 is 21.2 Å². The molecule has 232 valence electrons. The number of hydrogen-bond donors (Lipinski definition) is 2. The van der Waals surface area contributed by atoms with E-state index in [0.29, 0.717) is 53.5 Å². The number of nitrogen functional groups attached to an aromatic ring is 1. The van der Waals surface area contributed by atoms with E-state index in [0.717, 1.165) is 51.1 Å². The number of benzene rings is 1. The van der Waals surface area contributed by atoms with Crippen LogP contribution >= 0.6 is 11.6 Å². The molecule has 3 N–H and O–H groups in total. The number of halogens is 1. The Morgan fingerprint density at radius 2 is 1.98 bits per heavy atom. The van der Waals surface area contributed by atoms with Gasteiger partial charge in [0.25, 0.3) is 0 Å². The molecular formula is C30H40ClN7O5. The van der Waals surface area contributed by atoms with Gasteiger partial charge in [0.05, 0.1) is 25.4 Å². The van der Waals surface area contributed by atoms with Gasteiger partial charge in [-0.3, -0.25) is 14.5 Å². The predicted octanol–water partition coefficient (Wildman–Crippen LogP) is 4.55. The van der Waals surface area contributed by atoms with Crippen LogP contribution in [0, 0.1) is 11.8 Å². The van der Waals surface area contributed by atoms with Crippen molar-refractivity contribution in [2.45, 2.75) is 64.0 Å². The van der Waals surface area contributed by atoms with Crippen molar-refractivity contribution < 1.29 is 18.7 Å². The van der Waals surface area contributed by atoms with Gasteiger partial charge in [-0.05, 0) is 62.1 Å². The second-order valence-corrected chi connectivity index (χ2v) is 12.3. The molecule has 6 rings (SSSR count). The van der Waals surface area contributed by atoms with E-state index >= 15 is 0 Å². The lowest BCUT2D eigenvalue weighted by atomic mass is 9.83. The standard InChI is InChI=1S/C30H40ClN7O5/c1-18-6-8-19(9-7-18)17-38(37-10-11-42-24-5-3-4-23(24)37)26-25(20-14-21(31)16-22(15-20)41-13-12-40-2)33-28(34-27(26)32)29-35-30(39)43-36-29/h14-16,18-19,23-24H,3-13,17H2,1-2H3,(H2,32,33,34)(H,35,36,39)/t18-,19-,23?,24?. The number of morpholine rings is 1. The fourth-order valence-electron chi connectivity index (χ4n) is 6.67. The van der Waals surface area contributed by atoms with E-state index < -0.39 is 5.76 Å². The minimum atomic E-state index is -0.701. The molecule has 13 heteroatoms. The van der Waals surface area contributed by atoms with Crippen molar-refractivity contribution in [2.75, 3.05) is 50.8 Å². The second kappa shape index (κ2) is 13.2. The molecule has 0 bridgehead atoms. The van der Waals surface area contributed by atoms with Crippen LogP contribution in [-0.4, -0.2) is 77.3 Å². The van der Waals surface area contributed by atoms with Crippen LogP contribution in [0.1, 0.15) is 51.9 Å². The van der Waals surface area contributed by atoms with Crippen LogP contribution in [-0.2, 0) is 9.47 Å². The Kier molecular flexibility index (Phi) is 9.17. The van der Waals surface area contributed by atoms with Gasteiger partial charge in [0.15, 0.2) is 5.82 Å². The Morgan fingerprint density at radius 3 is 2.74 bits per heavy atom. The quantitative estimate of drug-likeness (QED) is 0.311. The lowest BCUT2D eigenvalue weighted by Gasteiger charge is -2.47. The summed E-state index contributed by atoms with van der Waals surface area (Å²) in [7, 11) is 1.63. The van der Waals surface area contributed by atoms with Gasteiger partial charge >= 0.3 is 5.76 Å². The first-order valence-corrected chi connectivity index (χ1v) is 15.6. The van der Waals surface area contributed by atoms with E-state index in [9.17, 15) is 4.79 Å². The maximum absolute atomic E-state index is 11.8. The van der Waals surface area contributed by atoms with E-state index in [2.05, 4.69) is 32.1 Å². The van der Waals surface area contributed by atoms with E-state index in [4.69, 9.17) is 41.1 Å². The number of hydrogen-bond acceptors (Lipinski definition) is 11. The normalized spacial score (nSPS) is 24.2. The molecule has 1 aliphatic heterocycles. The largest absolute Gasteiger partial charge is 0.491 e. The first-order valence-electron chi connectivity index (χ1n) is 15.2. The number of anilines is 2. The molecule has 0 spiro atoms. The molecule has 3 aromatic rings. The lowest BCUT2D eigenvalue weighted by molar-refractivity contribution is -0.0617.